The maximum absolute atomic E-state index is 12.9. The van der Waals surface area contributed by atoms with Gasteiger partial charge in [0.25, 0.3) is 5.91 Å². The van der Waals surface area contributed by atoms with E-state index >= 15 is 0 Å². The number of rotatable bonds is 4. The van der Waals surface area contributed by atoms with Crippen LogP contribution in [0.3, 0.4) is 0 Å². The first-order chi connectivity index (χ1) is 14.3. The first kappa shape index (κ1) is 18.3. The number of piperazine rings is 1. The summed E-state index contributed by atoms with van der Waals surface area (Å²) in [6.45, 7) is 3.76. The van der Waals surface area contributed by atoms with Gasteiger partial charge in [-0.3, -0.25) is 4.79 Å². The lowest BCUT2D eigenvalue weighted by atomic mass is 10.2. The van der Waals surface area contributed by atoms with Crippen molar-refractivity contribution in [2.45, 2.75) is 0 Å². The highest BCUT2D eigenvalue weighted by atomic mass is 32.1. The van der Waals surface area contributed by atoms with Crippen molar-refractivity contribution in [1.82, 2.24) is 10.3 Å². The zero-order chi connectivity index (χ0) is 19.6. The van der Waals surface area contributed by atoms with Gasteiger partial charge in [-0.1, -0.05) is 30.3 Å². The summed E-state index contributed by atoms with van der Waals surface area (Å²) in [6, 6.07) is 18.4. The van der Waals surface area contributed by atoms with Crippen LogP contribution in [0.5, 0.6) is 0 Å². The van der Waals surface area contributed by atoms with Gasteiger partial charge in [-0.25, -0.2) is 4.98 Å². The molecule has 146 valence electrons. The van der Waals surface area contributed by atoms with Crippen LogP contribution in [-0.2, 0) is 0 Å². The Hall–Kier alpha value is -2.74. The number of hydrogen-bond donors (Lipinski definition) is 2. The number of carbonyl (C=O) groups is 1. The predicted molar refractivity (Wildman–Crippen MR) is 122 cm³/mol. The minimum atomic E-state index is -0.170. The Balaban J connectivity index is 1.37. The highest BCUT2D eigenvalue weighted by Crippen LogP contribution is 2.35. The van der Waals surface area contributed by atoms with E-state index in [4.69, 9.17) is 0 Å². The average molecular weight is 421 g/mol. The molecule has 1 fully saturated rings. The van der Waals surface area contributed by atoms with Gasteiger partial charge >= 0.3 is 0 Å². The monoisotopic (exact) mass is 420 g/mol. The van der Waals surface area contributed by atoms with Crippen molar-refractivity contribution in [3.63, 3.8) is 0 Å². The Labute approximate surface area is 177 Å². The zero-order valence-electron chi connectivity index (χ0n) is 15.7. The molecule has 0 saturated carbocycles. The molecule has 0 spiro atoms. The number of carbonyl (C=O) groups excluding carboxylic acids is 1. The summed E-state index contributed by atoms with van der Waals surface area (Å²) in [5.74, 6) is -0.170. The molecular weight excluding hydrogens is 400 g/mol. The summed E-state index contributed by atoms with van der Waals surface area (Å²) in [6.07, 6.45) is 0. The number of hydrogen-bond acceptors (Lipinski definition) is 6. The van der Waals surface area contributed by atoms with Crippen LogP contribution in [0, 0.1) is 0 Å². The van der Waals surface area contributed by atoms with Gasteiger partial charge in [-0.2, -0.15) is 0 Å². The van der Waals surface area contributed by atoms with Crippen LogP contribution in [0.4, 0.5) is 11.4 Å². The lowest BCUT2D eigenvalue weighted by Gasteiger charge is -2.31. The van der Waals surface area contributed by atoms with Gasteiger partial charge in [0.05, 0.1) is 16.3 Å². The van der Waals surface area contributed by atoms with E-state index < -0.39 is 0 Å². The van der Waals surface area contributed by atoms with Crippen molar-refractivity contribution in [3.8, 4) is 9.88 Å². The number of anilines is 2. The molecule has 3 heterocycles. The second kappa shape index (κ2) is 7.94. The van der Waals surface area contributed by atoms with E-state index in [9.17, 15) is 4.79 Å². The molecule has 1 amide bonds. The molecule has 1 saturated heterocycles. The minimum Gasteiger partial charge on any atom is -0.367 e. The fourth-order valence-electron chi connectivity index (χ4n) is 3.53. The summed E-state index contributed by atoms with van der Waals surface area (Å²) in [5, 5.41) is 10.3. The van der Waals surface area contributed by atoms with Gasteiger partial charge in [0, 0.05) is 36.3 Å². The van der Waals surface area contributed by atoms with Gasteiger partial charge in [-0.15, -0.1) is 22.7 Å². The van der Waals surface area contributed by atoms with Crippen LogP contribution < -0.4 is 15.5 Å². The molecular formula is C22H20N4OS2. The number of benzene rings is 2. The third kappa shape index (κ3) is 3.76. The minimum absolute atomic E-state index is 0.170. The number of para-hydroxylation sites is 2. The second-order valence-electron chi connectivity index (χ2n) is 6.89. The van der Waals surface area contributed by atoms with Crippen LogP contribution >= 0.6 is 22.7 Å². The molecule has 0 aliphatic carbocycles. The normalized spacial score (nSPS) is 14.3. The molecule has 5 rings (SSSR count). The predicted octanol–water partition coefficient (Wildman–Crippen LogP) is 4.69. The molecule has 0 bridgehead atoms. The summed E-state index contributed by atoms with van der Waals surface area (Å²) in [5.41, 5.74) is 2.34. The fourth-order valence-corrected chi connectivity index (χ4v) is 5.45. The van der Waals surface area contributed by atoms with Crippen molar-refractivity contribution < 1.29 is 4.79 Å². The van der Waals surface area contributed by atoms with Crippen molar-refractivity contribution >= 4 is 50.0 Å². The molecule has 1 aliphatic heterocycles. The van der Waals surface area contributed by atoms with Gasteiger partial charge in [0.1, 0.15) is 10.7 Å². The highest BCUT2D eigenvalue weighted by molar-refractivity contribution is 7.25. The van der Waals surface area contributed by atoms with Crippen molar-refractivity contribution in [2.75, 3.05) is 36.4 Å². The average Bonchev–Trinajstić information content (AvgIpc) is 3.42. The number of amides is 1. The van der Waals surface area contributed by atoms with Gasteiger partial charge in [0.15, 0.2) is 0 Å². The van der Waals surface area contributed by atoms with E-state index in [2.05, 4.69) is 44.8 Å². The highest BCUT2D eigenvalue weighted by Gasteiger charge is 2.18. The first-order valence-corrected chi connectivity index (χ1v) is 11.3. The largest absolute Gasteiger partial charge is 0.367 e. The Morgan fingerprint density at radius 1 is 1.07 bits per heavy atom. The van der Waals surface area contributed by atoms with Gasteiger partial charge in [0.2, 0.25) is 0 Å². The number of fused-ring (bicyclic) bond motifs is 1. The summed E-state index contributed by atoms with van der Waals surface area (Å²) >= 11 is 3.21. The number of aromatic nitrogens is 1. The molecule has 0 radical (unpaired) electrons. The molecule has 2 aromatic heterocycles. The summed E-state index contributed by atoms with van der Waals surface area (Å²) in [4.78, 5) is 20.9. The van der Waals surface area contributed by atoms with Crippen LogP contribution in [0.15, 0.2) is 60.0 Å². The Kier molecular flexibility index (Phi) is 5.01. The van der Waals surface area contributed by atoms with Crippen LogP contribution in [0.1, 0.15) is 10.5 Å². The number of thiazole rings is 1. The van der Waals surface area contributed by atoms with E-state index in [1.54, 1.807) is 11.3 Å². The topological polar surface area (TPSA) is 57.3 Å². The van der Waals surface area contributed by atoms with Crippen LogP contribution in [-0.4, -0.2) is 37.1 Å². The van der Waals surface area contributed by atoms with E-state index in [0.717, 1.165) is 47.4 Å². The van der Waals surface area contributed by atoms with Crippen molar-refractivity contribution in [3.05, 3.63) is 65.7 Å². The number of thiophene rings is 1. The molecule has 0 atom stereocenters. The first-order valence-electron chi connectivity index (χ1n) is 9.58. The molecule has 7 heteroatoms. The Morgan fingerprint density at radius 3 is 2.72 bits per heavy atom. The Morgan fingerprint density at radius 2 is 1.86 bits per heavy atom. The quantitative estimate of drug-likeness (QED) is 0.503. The summed E-state index contributed by atoms with van der Waals surface area (Å²) < 4.78 is 1.23. The van der Waals surface area contributed by atoms with E-state index in [1.807, 2.05) is 35.7 Å². The zero-order valence-corrected chi connectivity index (χ0v) is 17.4. The molecule has 2 N–H and O–H groups in total. The van der Waals surface area contributed by atoms with Gasteiger partial charge < -0.3 is 15.5 Å². The van der Waals surface area contributed by atoms with Crippen LogP contribution in [0.25, 0.3) is 20.0 Å². The lowest BCUT2D eigenvalue weighted by Crippen LogP contribution is -2.43. The third-order valence-electron chi connectivity index (χ3n) is 4.98. The second-order valence-corrected chi connectivity index (χ2v) is 8.84. The molecule has 0 unspecified atom stereocenters. The number of nitrogens with zero attached hydrogens (tertiary/aromatic N) is 2. The van der Waals surface area contributed by atoms with E-state index in [0.29, 0.717) is 5.69 Å². The van der Waals surface area contributed by atoms with E-state index in [1.165, 1.54) is 21.4 Å². The smallest absolute Gasteiger partial charge is 0.275 e. The van der Waals surface area contributed by atoms with Crippen molar-refractivity contribution in [2.24, 2.45) is 0 Å². The van der Waals surface area contributed by atoms with E-state index in [-0.39, 0.29) is 5.91 Å². The molecule has 5 nitrogen and oxygen atoms in total. The van der Waals surface area contributed by atoms with Gasteiger partial charge in [-0.05, 0) is 29.7 Å². The molecule has 4 aromatic rings. The fraction of sp³-hybridized carbons (Fsp3) is 0.182. The third-order valence-corrected chi connectivity index (χ3v) is 7.11. The lowest BCUT2D eigenvalue weighted by molar-refractivity contribution is 0.102. The standard InChI is InChI=1S/C22H20N4OS2/c27-21(24-16-6-2-3-7-18(16)26-11-9-23-10-12-26)17-14-28-22(25-17)20-13-15-5-1-4-8-19(15)29-20/h1-8,13-14,23H,9-12H2,(H,24,27). The SMILES string of the molecule is O=C(Nc1ccccc1N1CCNCC1)c1csc(-c2cc3ccccc3s2)n1. The molecule has 1 aliphatic rings. The van der Waals surface area contributed by atoms with Crippen LogP contribution in [0.2, 0.25) is 0 Å². The molecule has 29 heavy (non-hydrogen) atoms. The maximum atomic E-state index is 12.9. The number of nitrogens with one attached hydrogen (secondary N) is 2. The molecule has 2 aromatic carbocycles. The maximum Gasteiger partial charge on any atom is 0.275 e. The van der Waals surface area contributed by atoms with Crippen molar-refractivity contribution in [1.29, 1.82) is 0 Å². The summed E-state index contributed by atoms with van der Waals surface area (Å²) in [7, 11) is 0. The Bertz CT molecular complexity index is 1130.